The van der Waals surface area contributed by atoms with E-state index in [1.54, 1.807) is 45.3 Å². The van der Waals surface area contributed by atoms with E-state index in [0.717, 1.165) is 35.7 Å². The van der Waals surface area contributed by atoms with Crippen molar-refractivity contribution in [2.24, 2.45) is 10.8 Å². The molecule has 68 heavy (non-hydrogen) atoms. The zero-order chi connectivity index (χ0) is 49.0. The van der Waals surface area contributed by atoms with Gasteiger partial charge in [0.1, 0.15) is 5.65 Å². The fourth-order valence-electron chi connectivity index (χ4n) is 9.32. The Bertz CT molecular complexity index is 2920. The number of aromatic nitrogens is 7. The predicted molar refractivity (Wildman–Crippen MR) is 246 cm³/mol. The first kappa shape index (κ1) is 48.7. The number of esters is 1. The van der Waals surface area contributed by atoms with Crippen molar-refractivity contribution in [2.75, 3.05) is 7.05 Å². The lowest BCUT2D eigenvalue weighted by Crippen LogP contribution is -2.38. The smallest absolute Gasteiger partial charge is 0.418 e. The lowest BCUT2D eigenvalue weighted by Gasteiger charge is -2.32. The second kappa shape index (κ2) is 19.6. The van der Waals surface area contributed by atoms with Crippen LogP contribution >= 0.6 is 0 Å². The number of aromatic hydroxyl groups is 1. The van der Waals surface area contributed by atoms with Gasteiger partial charge in [0.05, 0.1) is 42.0 Å². The Labute approximate surface area is 389 Å². The molecule has 2 aliphatic rings. The van der Waals surface area contributed by atoms with Gasteiger partial charge in [-0.05, 0) is 88.3 Å². The number of halogens is 3. The van der Waals surface area contributed by atoms with Gasteiger partial charge in [0, 0.05) is 49.2 Å². The third-order valence-electron chi connectivity index (χ3n) is 13.1. The van der Waals surface area contributed by atoms with Crippen molar-refractivity contribution in [2.45, 2.75) is 110 Å². The molecule has 2 fully saturated rings. The summed E-state index contributed by atoms with van der Waals surface area (Å²) in [6.45, 7) is 9.79. The van der Waals surface area contributed by atoms with Crippen LogP contribution in [0, 0.1) is 10.8 Å². The van der Waals surface area contributed by atoms with E-state index < -0.39 is 79.6 Å². The van der Waals surface area contributed by atoms with Crippen molar-refractivity contribution in [3.63, 3.8) is 0 Å². The van der Waals surface area contributed by atoms with Gasteiger partial charge in [-0.15, -0.1) is 0 Å². The van der Waals surface area contributed by atoms with E-state index in [4.69, 9.17) is 4.74 Å². The van der Waals surface area contributed by atoms with Crippen molar-refractivity contribution < 1.29 is 37.4 Å². The van der Waals surface area contributed by atoms with Gasteiger partial charge in [-0.2, -0.15) is 23.4 Å². The summed E-state index contributed by atoms with van der Waals surface area (Å²) < 4.78 is 52.9. The van der Waals surface area contributed by atoms with E-state index in [2.05, 4.69) is 37.4 Å². The highest BCUT2D eigenvalue weighted by Gasteiger charge is 2.43. The number of hydrogen-bond acceptors (Lipinski definition) is 11. The minimum atomic E-state index is -4.65. The maximum atomic E-state index is 14.3. The zero-order valence-electron chi connectivity index (χ0n) is 38.4. The lowest BCUT2D eigenvalue weighted by atomic mass is 9.78. The fraction of sp³-hybridized carbons (Fsp3) is 0.408. The number of allylic oxidation sites excluding steroid dienone is 5. The molecule has 0 aromatic carbocycles. The summed E-state index contributed by atoms with van der Waals surface area (Å²) in [7, 11) is 1.31. The molecular formula is C49H54F3N9O7. The summed E-state index contributed by atoms with van der Waals surface area (Å²) in [4.78, 5) is 75.0. The maximum absolute atomic E-state index is 14.3. The normalized spacial score (nSPS) is 16.0. The monoisotopic (exact) mass is 937 g/mol. The number of pyridine rings is 2. The van der Waals surface area contributed by atoms with Crippen molar-refractivity contribution in [1.29, 1.82) is 0 Å². The summed E-state index contributed by atoms with van der Waals surface area (Å²) >= 11 is 0. The third kappa shape index (κ3) is 10.2. The Morgan fingerprint density at radius 2 is 1.53 bits per heavy atom. The van der Waals surface area contributed by atoms with E-state index >= 15 is 0 Å². The lowest BCUT2D eigenvalue weighted by molar-refractivity contribution is -0.144. The first-order chi connectivity index (χ1) is 32.3. The molecule has 5 aromatic heterocycles. The highest BCUT2D eigenvalue weighted by atomic mass is 19.4. The molecule has 0 atom stereocenters. The summed E-state index contributed by atoms with van der Waals surface area (Å²) in [5.41, 5.74) is -4.08. The van der Waals surface area contributed by atoms with Crippen LogP contribution in [-0.4, -0.2) is 64.0 Å². The van der Waals surface area contributed by atoms with Crippen LogP contribution in [0.15, 0.2) is 107 Å². The van der Waals surface area contributed by atoms with Crippen LogP contribution in [-0.2, 0) is 36.1 Å². The summed E-state index contributed by atoms with van der Waals surface area (Å²) in [6, 6.07) is 6.25. The van der Waals surface area contributed by atoms with Crippen molar-refractivity contribution in [3.8, 4) is 11.5 Å². The summed E-state index contributed by atoms with van der Waals surface area (Å²) in [5, 5.41) is 24.3. The van der Waals surface area contributed by atoms with Crippen LogP contribution in [0.4, 0.5) is 13.2 Å². The largest absolute Gasteiger partial charge is 0.503 e. The highest BCUT2D eigenvalue weighted by molar-refractivity contribution is 5.93. The second-order valence-corrected chi connectivity index (χ2v) is 18.3. The van der Waals surface area contributed by atoms with Crippen LogP contribution in [0.2, 0.25) is 0 Å². The Balaban J connectivity index is 1.09. The van der Waals surface area contributed by atoms with Crippen LogP contribution < -0.4 is 26.2 Å². The fourth-order valence-corrected chi connectivity index (χ4v) is 9.32. The van der Waals surface area contributed by atoms with Gasteiger partial charge in [0.2, 0.25) is 0 Å². The number of fused-ring (bicyclic) bond motifs is 1. The molecule has 2 saturated carbocycles. The average molecular weight is 938 g/mol. The van der Waals surface area contributed by atoms with Gasteiger partial charge in [-0.25, -0.2) is 4.98 Å². The van der Waals surface area contributed by atoms with E-state index in [-0.39, 0.29) is 37.1 Å². The Morgan fingerprint density at radius 1 is 0.882 bits per heavy atom. The van der Waals surface area contributed by atoms with Gasteiger partial charge in [0.25, 0.3) is 22.7 Å². The third-order valence-corrected chi connectivity index (χ3v) is 13.1. The van der Waals surface area contributed by atoms with Gasteiger partial charge >= 0.3 is 12.1 Å². The second-order valence-electron chi connectivity index (χ2n) is 18.3. The predicted octanol–water partition coefficient (Wildman–Crippen LogP) is 7.17. The van der Waals surface area contributed by atoms with Crippen LogP contribution in [0.25, 0.3) is 11.0 Å². The number of rotatable bonds is 16. The minimum absolute atomic E-state index is 0.0566. The minimum Gasteiger partial charge on any atom is -0.503 e. The molecule has 3 N–H and O–H groups in total. The molecule has 5 heterocycles. The molecule has 0 radical (unpaired) electrons. The van der Waals surface area contributed by atoms with Gasteiger partial charge in [-0.1, -0.05) is 56.1 Å². The number of amides is 2. The molecule has 358 valence electrons. The van der Waals surface area contributed by atoms with Gasteiger partial charge in [0.15, 0.2) is 22.9 Å². The number of carbonyl (C=O) groups is 3. The molecule has 0 spiro atoms. The van der Waals surface area contributed by atoms with E-state index in [1.165, 1.54) is 51.7 Å². The summed E-state index contributed by atoms with van der Waals surface area (Å²) in [6.07, 6.45) is 14.5. The molecule has 2 aliphatic carbocycles. The molecule has 5 aromatic rings. The molecule has 0 bridgehead atoms. The molecule has 19 heteroatoms. The van der Waals surface area contributed by atoms with Gasteiger partial charge in [-0.3, -0.25) is 38.3 Å². The first-order valence-corrected chi connectivity index (χ1v) is 22.4. The number of hydrogen-bond donors (Lipinski definition) is 3. The number of alkyl halides is 3. The number of nitrogens with zero attached hydrogens (tertiary/aromatic N) is 7. The molecule has 0 aliphatic heterocycles. The highest BCUT2D eigenvalue weighted by Crippen LogP contribution is 2.46. The van der Waals surface area contributed by atoms with E-state index in [1.807, 2.05) is 18.2 Å². The molecular weight excluding hydrogens is 884 g/mol. The summed E-state index contributed by atoms with van der Waals surface area (Å²) in [5.74, 6) is -3.45. The molecule has 16 nitrogen and oxygen atoms in total. The van der Waals surface area contributed by atoms with Crippen LogP contribution in [0.3, 0.4) is 0 Å². The number of carbonyl (C=O) groups excluding carboxylic acids is 3. The van der Waals surface area contributed by atoms with Crippen molar-refractivity contribution in [1.82, 2.24) is 44.7 Å². The average Bonchev–Trinajstić information content (AvgIpc) is 4.09. The Hall–Kier alpha value is -7.18. The topological polar surface area (TPSA) is 205 Å². The SMILES string of the molecule is C=C(/C=C\C(=C/C)CC(C)(C)C(=O)Oc1cn(CC2(n3cc(C(F)(F)F)c4cccnc43)CCCC2)nc(C(=O)NC)c1=O)C1(Cn2cc(O)c(=O)c(C(=O)NCc3ccncc3)n2)CCCC1. The molecule has 0 saturated heterocycles. The van der Waals surface area contributed by atoms with Crippen LogP contribution in [0.5, 0.6) is 11.5 Å². The molecule has 2 amide bonds. The van der Waals surface area contributed by atoms with Crippen LogP contribution in [0.1, 0.15) is 111 Å². The van der Waals surface area contributed by atoms with Crippen molar-refractivity contribution in [3.05, 3.63) is 140 Å². The first-order valence-electron chi connectivity index (χ1n) is 22.4. The van der Waals surface area contributed by atoms with E-state index in [9.17, 15) is 42.3 Å². The van der Waals surface area contributed by atoms with E-state index in [0.29, 0.717) is 38.5 Å². The quantitative estimate of drug-likeness (QED) is 0.0668. The Morgan fingerprint density at radius 3 is 2.18 bits per heavy atom. The number of ether oxygens (including phenoxy) is 1. The molecule has 7 rings (SSSR count). The molecule has 0 unspecified atom stereocenters. The Kier molecular flexibility index (Phi) is 14.0. The zero-order valence-corrected chi connectivity index (χ0v) is 38.4. The van der Waals surface area contributed by atoms with Crippen molar-refractivity contribution >= 4 is 28.8 Å². The standard InChI is InChI=1S/C49H54F3N9O7/c1-6-32(14-13-31(2)47(17-7-8-18-47)29-59-27-36(62)40(63)38(57-59)44(66)56-25-33-15-22-54-23-16-33)24-46(3,4)45(67)68-37-28-60(58-39(41(37)64)43(65)53-5)30-48(19-9-10-20-48)61-26-35(49(50,51)52)34-12-11-21-55-42(34)61/h6,11-16,21-23,26-28,62H,2,7-10,17-20,24-25,29-30H2,1,3-5H3,(H,53,65)(H,56,66)/b14-13-,32-6+. The number of nitrogens with one attached hydrogen (secondary N) is 2. The maximum Gasteiger partial charge on any atom is 0.418 e. The van der Waals surface area contributed by atoms with Gasteiger partial charge < -0.3 is 25.0 Å².